The fourth-order valence-corrected chi connectivity index (χ4v) is 2.29. The predicted molar refractivity (Wildman–Crippen MR) is 67.7 cm³/mol. The Balaban J connectivity index is 2.73. The molecule has 0 N–H and O–H groups in total. The van der Waals surface area contributed by atoms with E-state index in [-0.39, 0.29) is 0 Å². The van der Waals surface area contributed by atoms with Crippen LogP contribution in [-0.4, -0.2) is 9.55 Å². The molecule has 0 spiro atoms. The molecule has 2 rings (SSSR count). The first-order chi connectivity index (χ1) is 6.76. The first kappa shape index (κ1) is 10.2. The normalized spacial score (nSPS) is 11.1. The van der Waals surface area contributed by atoms with Gasteiger partial charge < -0.3 is 4.57 Å². The minimum atomic E-state index is 0.471. The number of rotatable bonds is 2. The number of benzene rings is 1. The molecule has 0 atom stereocenters. The SMILES string of the molecule is CCn1c(CCl)nc2cc(I)ccc21. The van der Waals surface area contributed by atoms with Crippen LogP contribution in [0.1, 0.15) is 12.7 Å². The average molecular weight is 321 g/mol. The second-order valence-electron chi connectivity index (χ2n) is 3.04. The van der Waals surface area contributed by atoms with Crippen LogP contribution < -0.4 is 0 Å². The van der Waals surface area contributed by atoms with Crippen molar-refractivity contribution >= 4 is 45.2 Å². The second-order valence-corrected chi connectivity index (χ2v) is 4.55. The van der Waals surface area contributed by atoms with Crippen molar-refractivity contribution in [3.63, 3.8) is 0 Å². The van der Waals surface area contributed by atoms with E-state index in [1.54, 1.807) is 0 Å². The van der Waals surface area contributed by atoms with E-state index in [9.17, 15) is 0 Å². The van der Waals surface area contributed by atoms with Gasteiger partial charge in [0.2, 0.25) is 0 Å². The van der Waals surface area contributed by atoms with Gasteiger partial charge >= 0.3 is 0 Å². The molecule has 1 aromatic heterocycles. The highest BCUT2D eigenvalue weighted by molar-refractivity contribution is 14.1. The Labute approximate surface area is 101 Å². The molecule has 1 aromatic carbocycles. The van der Waals surface area contributed by atoms with Crippen molar-refractivity contribution in [3.8, 4) is 0 Å². The van der Waals surface area contributed by atoms with Gasteiger partial charge in [0.15, 0.2) is 0 Å². The smallest absolute Gasteiger partial charge is 0.124 e. The molecule has 0 unspecified atom stereocenters. The van der Waals surface area contributed by atoms with E-state index >= 15 is 0 Å². The first-order valence-electron chi connectivity index (χ1n) is 4.47. The standard InChI is InChI=1S/C10H10ClIN2/c1-2-14-9-4-3-7(12)5-8(9)13-10(14)6-11/h3-5H,2,6H2,1H3. The molecular formula is C10H10ClIN2. The van der Waals surface area contributed by atoms with Gasteiger partial charge in [-0.2, -0.15) is 0 Å². The largest absolute Gasteiger partial charge is 0.327 e. The monoisotopic (exact) mass is 320 g/mol. The summed E-state index contributed by atoms with van der Waals surface area (Å²) < 4.78 is 3.36. The highest BCUT2D eigenvalue weighted by Crippen LogP contribution is 2.19. The van der Waals surface area contributed by atoms with E-state index in [2.05, 4.69) is 57.3 Å². The number of imidazole rings is 1. The summed E-state index contributed by atoms with van der Waals surface area (Å²) in [6.45, 7) is 3.02. The lowest BCUT2D eigenvalue weighted by atomic mass is 10.3. The van der Waals surface area contributed by atoms with Crippen molar-refractivity contribution in [1.29, 1.82) is 0 Å². The molecule has 0 amide bonds. The topological polar surface area (TPSA) is 17.8 Å². The van der Waals surface area contributed by atoms with Crippen LogP contribution in [0.2, 0.25) is 0 Å². The minimum Gasteiger partial charge on any atom is -0.327 e. The van der Waals surface area contributed by atoms with Gasteiger partial charge in [-0.05, 0) is 47.7 Å². The maximum Gasteiger partial charge on any atom is 0.124 e. The molecule has 2 nitrogen and oxygen atoms in total. The van der Waals surface area contributed by atoms with Crippen molar-refractivity contribution in [3.05, 3.63) is 27.6 Å². The molecule has 74 valence electrons. The molecule has 0 saturated heterocycles. The Bertz CT molecular complexity index is 464. The van der Waals surface area contributed by atoms with Crippen molar-refractivity contribution in [2.45, 2.75) is 19.3 Å². The fraction of sp³-hybridized carbons (Fsp3) is 0.300. The summed E-state index contributed by atoms with van der Waals surface area (Å²) in [7, 11) is 0. The maximum atomic E-state index is 5.84. The Morgan fingerprint density at radius 1 is 1.50 bits per heavy atom. The van der Waals surface area contributed by atoms with Crippen LogP contribution in [-0.2, 0) is 12.4 Å². The van der Waals surface area contributed by atoms with Crippen LogP contribution in [0.3, 0.4) is 0 Å². The van der Waals surface area contributed by atoms with E-state index in [0.717, 1.165) is 17.9 Å². The summed E-state index contributed by atoms with van der Waals surface area (Å²) in [4.78, 5) is 4.49. The van der Waals surface area contributed by atoms with Crippen LogP contribution in [0.5, 0.6) is 0 Å². The molecule has 0 radical (unpaired) electrons. The van der Waals surface area contributed by atoms with Gasteiger partial charge in [0.05, 0.1) is 16.9 Å². The number of alkyl halides is 1. The van der Waals surface area contributed by atoms with Gasteiger partial charge in [-0.1, -0.05) is 0 Å². The van der Waals surface area contributed by atoms with Crippen molar-refractivity contribution in [1.82, 2.24) is 9.55 Å². The first-order valence-corrected chi connectivity index (χ1v) is 6.08. The summed E-state index contributed by atoms with van der Waals surface area (Å²) in [5, 5.41) is 0. The number of aryl methyl sites for hydroxylation is 1. The van der Waals surface area contributed by atoms with Crippen molar-refractivity contribution in [2.24, 2.45) is 0 Å². The summed E-state index contributed by atoms with van der Waals surface area (Å²) in [5.74, 6) is 1.42. The predicted octanol–water partition coefficient (Wildman–Crippen LogP) is 3.40. The van der Waals surface area contributed by atoms with E-state index in [1.807, 2.05) is 0 Å². The molecular weight excluding hydrogens is 310 g/mol. The highest BCUT2D eigenvalue weighted by Gasteiger charge is 2.07. The molecule has 0 fully saturated rings. The number of halogens is 2. The zero-order chi connectivity index (χ0) is 10.1. The molecule has 0 saturated carbocycles. The molecule has 4 heteroatoms. The molecule has 0 aliphatic carbocycles. The van der Waals surface area contributed by atoms with E-state index < -0.39 is 0 Å². The van der Waals surface area contributed by atoms with E-state index in [1.165, 1.54) is 9.09 Å². The summed E-state index contributed by atoms with van der Waals surface area (Å²) in [6, 6.07) is 6.27. The molecule has 0 aliphatic heterocycles. The van der Waals surface area contributed by atoms with Gasteiger partial charge in [0.1, 0.15) is 5.82 Å². The Morgan fingerprint density at radius 3 is 2.93 bits per heavy atom. The van der Waals surface area contributed by atoms with Crippen LogP contribution in [0.25, 0.3) is 11.0 Å². The van der Waals surface area contributed by atoms with E-state index in [0.29, 0.717) is 5.88 Å². The van der Waals surface area contributed by atoms with Gasteiger partial charge in [0, 0.05) is 10.1 Å². The van der Waals surface area contributed by atoms with Crippen molar-refractivity contribution in [2.75, 3.05) is 0 Å². The van der Waals surface area contributed by atoms with Crippen LogP contribution in [0, 0.1) is 3.57 Å². The third-order valence-electron chi connectivity index (χ3n) is 2.23. The number of aromatic nitrogens is 2. The number of nitrogens with zero attached hydrogens (tertiary/aromatic N) is 2. The number of fused-ring (bicyclic) bond motifs is 1. The molecule has 14 heavy (non-hydrogen) atoms. The molecule has 2 aromatic rings. The third kappa shape index (κ3) is 1.63. The summed E-state index contributed by atoms with van der Waals surface area (Å²) >= 11 is 8.13. The average Bonchev–Trinajstić information content (AvgIpc) is 2.54. The lowest BCUT2D eigenvalue weighted by Gasteiger charge is -2.02. The Kier molecular flexibility index (Phi) is 2.97. The Morgan fingerprint density at radius 2 is 2.29 bits per heavy atom. The quantitative estimate of drug-likeness (QED) is 0.612. The molecule has 0 bridgehead atoms. The van der Waals surface area contributed by atoms with Gasteiger partial charge in [-0.25, -0.2) is 4.98 Å². The van der Waals surface area contributed by atoms with E-state index in [4.69, 9.17) is 11.6 Å². The third-order valence-corrected chi connectivity index (χ3v) is 3.14. The second kappa shape index (κ2) is 4.06. The minimum absolute atomic E-state index is 0.471. The summed E-state index contributed by atoms with van der Waals surface area (Å²) in [6.07, 6.45) is 0. The maximum absolute atomic E-state index is 5.84. The fourth-order valence-electron chi connectivity index (χ4n) is 1.61. The lowest BCUT2D eigenvalue weighted by molar-refractivity contribution is 0.747. The van der Waals surface area contributed by atoms with Crippen LogP contribution in [0.15, 0.2) is 18.2 Å². The number of hydrogen-bond acceptors (Lipinski definition) is 1. The molecule has 0 aliphatic rings. The van der Waals surface area contributed by atoms with Crippen LogP contribution >= 0.6 is 34.2 Å². The zero-order valence-electron chi connectivity index (χ0n) is 7.80. The zero-order valence-corrected chi connectivity index (χ0v) is 10.7. The van der Waals surface area contributed by atoms with Gasteiger partial charge in [-0.3, -0.25) is 0 Å². The van der Waals surface area contributed by atoms with Gasteiger partial charge in [0.25, 0.3) is 0 Å². The molecule has 1 heterocycles. The highest BCUT2D eigenvalue weighted by atomic mass is 127. The Hall–Kier alpha value is -0.290. The van der Waals surface area contributed by atoms with Crippen molar-refractivity contribution < 1.29 is 0 Å². The van der Waals surface area contributed by atoms with Crippen LogP contribution in [0.4, 0.5) is 0 Å². The van der Waals surface area contributed by atoms with Gasteiger partial charge in [-0.15, -0.1) is 11.6 Å². The number of hydrogen-bond donors (Lipinski definition) is 0. The lowest BCUT2D eigenvalue weighted by Crippen LogP contribution is -1.98. The summed E-state index contributed by atoms with van der Waals surface area (Å²) in [5.41, 5.74) is 2.21.